The van der Waals surface area contributed by atoms with Crippen molar-refractivity contribution >= 4 is 5.91 Å². The maximum Gasteiger partial charge on any atom is 0.236 e. The molecule has 21 heavy (non-hydrogen) atoms. The van der Waals surface area contributed by atoms with Crippen molar-refractivity contribution in [1.82, 2.24) is 10.6 Å². The first kappa shape index (κ1) is 20.3. The number of carbonyl (C=O) groups excluding carboxylic acids is 1. The Morgan fingerprint density at radius 2 is 1.86 bits per heavy atom. The Kier molecular flexibility index (Phi) is 12.6. The number of rotatable bonds is 13. The van der Waals surface area contributed by atoms with Crippen LogP contribution >= 0.6 is 0 Å². The normalized spacial score (nSPS) is 14.2. The molecule has 0 aliphatic carbocycles. The number of nitrogens with one attached hydrogen (secondary N) is 2. The van der Waals surface area contributed by atoms with Gasteiger partial charge in [0.25, 0.3) is 0 Å². The van der Waals surface area contributed by atoms with Gasteiger partial charge in [0.15, 0.2) is 0 Å². The minimum atomic E-state index is -0.573. The highest BCUT2D eigenvalue weighted by Gasteiger charge is 2.14. The molecule has 0 spiro atoms. The Morgan fingerprint density at radius 1 is 1.14 bits per heavy atom. The molecular weight excluding hydrogens is 268 g/mol. The molecule has 0 rings (SSSR count). The average Bonchev–Trinajstić information content (AvgIpc) is 2.45. The number of aliphatic hydroxyl groups excluding tert-OH is 1. The van der Waals surface area contributed by atoms with Gasteiger partial charge in [0.2, 0.25) is 5.91 Å². The van der Waals surface area contributed by atoms with Crippen molar-refractivity contribution in [1.29, 1.82) is 0 Å². The first-order valence-corrected chi connectivity index (χ1v) is 8.24. The predicted molar refractivity (Wildman–Crippen MR) is 86.3 cm³/mol. The van der Waals surface area contributed by atoms with Crippen molar-refractivity contribution in [3.8, 4) is 0 Å². The van der Waals surface area contributed by atoms with Crippen LogP contribution in [0.15, 0.2) is 0 Å². The summed E-state index contributed by atoms with van der Waals surface area (Å²) in [4.78, 5) is 11.7. The van der Waals surface area contributed by atoms with Crippen LogP contribution in [0, 0.1) is 5.92 Å². The Bertz CT molecular complexity index is 260. The number of amides is 1. The third kappa shape index (κ3) is 12.8. The van der Waals surface area contributed by atoms with E-state index in [1.54, 1.807) is 6.92 Å². The van der Waals surface area contributed by atoms with Crippen molar-refractivity contribution in [2.45, 2.75) is 65.5 Å². The molecule has 0 fully saturated rings. The van der Waals surface area contributed by atoms with Gasteiger partial charge in [-0.3, -0.25) is 4.79 Å². The second-order valence-corrected chi connectivity index (χ2v) is 6.06. The number of carbonyl (C=O) groups is 1. The molecule has 3 N–H and O–H groups in total. The van der Waals surface area contributed by atoms with Gasteiger partial charge in [0.05, 0.1) is 18.8 Å². The molecule has 5 nitrogen and oxygen atoms in total. The van der Waals surface area contributed by atoms with E-state index in [1.807, 2.05) is 0 Å². The summed E-state index contributed by atoms with van der Waals surface area (Å²) in [5.74, 6) is 0.407. The standard InChI is InChI=1S/C16H34N2O3/c1-5-6-7-8-9-21-12-15(19)11-17-14(4)16(20)18-10-13(2)3/h13-15,17,19H,5-12H2,1-4H3,(H,18,20). The van der Waals surface area contributed by atoms with E-state index in [2.05, 4.69) is 31.4 Å². The SMILES string of the molecule is CCCCCCOCC(O)CNC(C)C(=O)NCC(C)C. The molecule has 0 aromatic heterocycles. The topological polar surface area (TPSA) is 70.6 Å². The maximum absolute atomic E-state index is 11.7. The van der Waals surface area contributed by atoms with Crippen LogP contribution in [0.25, 0.3) is 0 Å². The monoisotopic (exact) mass is 302 g/mol. The summed E-state index contributed by atoms with van der Waals surface area (Å²) in [7, 11) is 0. The van der Waals surface area contributed by atoms with Gasteiger partial charge in [-0.15, -0.1) is 0 Å². The van der Waals surface area contributed by atoms with Crippen LogP contribution < -0.4 is 10.6 Å². The van der Waals surface area contributed by atoms with Gasteiger partial charge in [-0.25, -0.2) is 0 Å². The molecule has 0 saturated heterocycles. The number of hydrogen-bond donors (Lipinski definition) is 3. The molecule has 2 unspecified atom stereocenters. The molecule has 0 radical (unpaired) electrons. The highest BCUT2D eigenvalue weighted by atomic mass is 16.5. The number of unbranched alkanes of at least 4 members (excludes halogenated alkanes) is 3. The van der Waals surface area contributed by atoms with Crippen molar-refractivity contribution < 1.29 is 14.6 Å². The fourth-order valence-electron chi connectivity index (χ4n) is 1.77. The molecular formula is C16H34N2O3. The van der Waals surface area contributed by atoms with Gasteiger partial charge in [0, 0.05) is 19.7 Å². The summed E-state index contributed by atoms with van der Waals surface area (Å²) in [5.41, 5.74) is 0. The zero-order valence-electron chi connectivity index (χ0n) is 14.2. The van der Waals surface area contributed by atoms with Gasteiger partial charge in [0.1, 0.15) is 0 Å². The molecule has 0 aliphatic heterocycles. The van der Waals surface area contributed by atoms with Crippen LogP contribution in [0.1, 0.15) is 53.4 Å². The largest absolute Gasteiger partial charge is 0.389 e. The first-order valence-electron chi connectivity index (χ1n) is 8.24. The summed E-state index contributed by atoms with van der Waals surface area (Å²) < 4.78 is 5.42. The first-order chi connectivity index (χ1) is 9.97. The number of ether oxygens (including phenoxy) is 1. The van der Waals surface area contributed by atoms with Crippen LogP contribution in [0.2, 0.25) is 0 Å². The Morgan fingerprint density at radius 3 is 2.48 bits per heavy atom. The molecule has 0 saturated carbocycles. The van der Waals surface area contributed by atoms with E-state index >= 15 is 0 Å². The Balaban J connectivity index is 3.58. The van der Waals surface area contributed by atoms with E-state index in [0.717, 1.165) is 6.42 Å². The molecule has 5 heteroatoms. The lowest BCUT2D eigenvalue weighted by Gasteiger charge is -2.17. The van der Waals surface area contributed by atoms with E-state index in [0.29, 0.717) is 32.2 Å². The summed E-state index contributed by atoms with van der Waals surface area (Å²) in [6.45, 7) is 10.1. The lowest BCUT2D eigenvalue weighted by atomic mass is 10.2. The molecule has 126 valence electrons. The molecule has 0 aromatic carbocycles. The minimum Gasteiger partial charge on any atom is -0.389 e. The lowest BCUT2D eigenvalue weighted by molar-refractivity contribution is -0.123. The van der Waals surface area contributed by atoms with Crippen molar-refractivity contribution in [3.63, 3.8) is 0 Å². The fourth-order valence-corrected chi connectivity index (χ4v) is 1.77. The Labute approximate surface area is 129 Å². The van der Waals surface area contributed by atoms with Gasteiger partial charge >= 0.3 is 0 Å². The van der Waals surface area contributed by atoms with Gasteiger partial charge in [-0.05, 0) is 19.3 Å². The van der Waals surface area contributed by atoms with Crippen molar-refractivity contribution in [2.24, 2.45) is 5.92 Å². The number of aliphatic hydroxyl groups is 1. The lowest BCUT2D eigenvalue weighted by Crippen LogP contribution is -2.46. The second kappa shape index (κ2) is 13.0. The van der Waals surface area contributed by atoms with Crippen molar-refractivity contribution in [3.05, 3.63) is 0 Å². The van der Waals surface area contributed by atoms with Crippen LogP contribution in [-0.2, 0) is 9.53 Å². The van der Waals surface area contributed by atoms with E-state index in [9.17, 15) is 9.90 Å². The van der Waals surface area contributed by atoms with Gasteiger partial charge < -0.3 is 20.5 Å². The molecule has 2 atom stereocenters. The van der Waals surface area contributed by atoms with E-state index in [4.69, 9.17) is 4.74 Å². The highest BCUT2D eigenvalue weighted by Crippen LogP contribution is 1.99. The Hall–Kier alpha value is -0.650. The van der Waals surface area contributed by atoms with Crippen LogP contribution in [-0.4, -0.2) is 49.5 Å². The molecule has 0 heterocycles. The third-order valence-corrected chi connectivity index (χ3v) is 3.19. The maximum atomic E-state index is 11.7. The summed E-state index contributed by atoms with van der Waals surface area (Å²) in [6.07, 6.45) is 4.09. The van der Waals surface area contributed by atoms with Crippen LogP contribution in [0.3, 0.4) is 0 Å². The van der Waals surface area contributed by atoms with Gasteiger partial charge in [-0.2, -0.15) is 0 Å². The summed E-state index contributed by atoms with van der Waals surface area (Å²) in [5, 5.41) is 15.7. The van der Waals surface area contributed by atoms with E-state index in [1.165, 1.54) is 19.3 Å². The summed E-state index contributed by atoms with van der Waals surface area (Å²) in [6, 6.07) is -0.303. The molecule has 0 aromatic rings. The second-order valence-electron chi connectivity index (χ2n) is 6.06. The van der Waals surface area contributed by atoms with Crippen LogP contribution in [0.4, 0.5) is 0 Å². The number of hydrogen-bond acceptors (Lipinski definition) is 4. The quantitative estimate of drug-likeness (QED) is 0.453. The average molecular weight is 302 g/mol. The minimum absolute atomic E-state index is 0.0311. The summed E-state index contributed by atoms with van der Waals surface area (Å²) >= 11 is 0. The van der Waals surface area contributed by atoms with E-state index in [-0.39, 0.29) is 11.9 Å². The third-order valence-electron chi connectivity index (χ3n) is 3.19. The molecule has 0 aliphatic rings. The zero-order chi connectivity index (χ0) is 16.1. The van der Waals surface area contributed by atoms with E-state index < -0.39 is 6.10 Å². The van der Waals surface area contributed by atoms with Gasteiger partial charge in [-0.1, -0.05) is 40.0 Å². The zero-order valence-corrected chi connectivity index (χ0v) is 14.2. The molecule has 0 bridgehead atoms. The smallest absolute Gasteiger partial charge is 0.236 e. The van der Waals surface area contributed by atoms with Crippen molar-refractivity contribution in [2.75, 3.05) is 26.3 Å². The van der Waals surface area contributed by atoms with Crippen LogP contribution in [0.5, 0.6) is 0 Å². The fraction of sp³-hybridized carbons (Fsp3) is 0.938. The molecule has 1 amide bonds. The predicted octanol–water partition coefficient (Wildman–Crippen LogP) is 1.69. The highest BCUT2D eigenvalue weighted by molar-refractivity contribution is 5.81.